The highest BCUT2D eigenvalue weighted by atomic mass is 15.2. The third kappa shape index (κ3) is 0.906. The standard InChI is InChI=1S/C9H9N3/c1-7-8-3-4-10-5-9(8)11-6-12(7)2/h3-6H,1H2,2H3. The van der Waals surface area contributed by atoms with Gasteiger partial charge >= 0.3 is 0 Å². The Morgan fingerprint density at radius 2 is 2.33 bits per heavy atom. The van der Waals surface area contributed by atoms with Gasteiger partial charge in [0.1, 0.15) is 0 Å². The number of hydrogen-bond acceptors (Lipinski definition) is 3. The topological polar surface area (TPSA) is 28.5 Å². The Hall–Kier alpha value is -1.64. The van der Waals surface area contributed by atoms with Crippen molar-refractivity contribution < 1.29 is 0 Å². The summed E-state index contributed by atoms with van der Waals surface area (Å²) in [5, 5.41) is 0. The molecule has 3 nitrogen and oxygen atoms in total. The maximum absolute atomic E-state index is 4.20. The Kier molecular flexibility index (Phi) is 1.43. The van der Waals surface area contributed by atoms with E-state index < -0.39 is 0 Å². The van der Waals surface area contributed by atoms with E-state index in [1.54, 1.807) is 18.7 Å². The SMILES string of the molecule is C=C1c2ccncc2N=CN1C. The maximum atomic E-state index is 4.20. The molecule has 3 heteroatoms. The van der Waals surface area contributed by atoms with Gasteiger partial charge in [0.25, 0.3) is 0 Å². The van der Waals surface area contributed by atoms with Crippen molar-refractivity contribution in [1.29, 1.82) is 0 Å². The monoisotopic (exact) mass is 159 g/mol. The Labute approximate surface area is 71.1 Å². The van der Waals surface area contributed by atoms with Crippen molar-refractivity contribution in [3.05, 3.63) is 30.6 Å². The predicted molar refractivity (Wildman–Crippen MR) is 49.2 cm³/mol. The van der Waals surface area contributed by atoms with Gasteiger partial charge in [-0.2, -0.15) is 0 Å². The molecule has 1 aromatic rings. The summed E-state index contributed by atoms with van der Waals surface area (Å²) in [5.74, 6) is 0. The molecule has 2 rings (SSSR count). The smallest absolute Gasteiger partial charge is 0.0955 e. The molecule has 0 bridgehead atoms. The molecular weight excluding hydrogens is 150 g/mol. The van der Waals surface area contributed by atoms with E-state index in [1.807, 2.05) is 18.0 Å². The number of nitrogens with zero attached hydrogens (tertiary/aromatic N) is 3. The predicted octanol–water partition coefficient (Wildman–Crippen LogP) is 1.66. The molecular formula is C9H9N3. The van der Waals surface area contributed by atoms with Crippen LogP contribution < -0.4 is 0 Å². The van der Waals surface area contributed by atoms with Gasteiger partial charge in [0.2, 0.25) is 0 Å². The van der Waals surface area contributed by atoms with Crippen molar-refractivity contribution >= 4 is 17.7 Å². The van der Waals surface area contributed by atoms with Gasteiger partial charge in [-0.3, -0.25) is 4.98 Å². The van der Waals surface area contributed by atoms with Gasteiger partial charge in [-0.25, -0.2) is 4.99 Å². The molecule has 2 heterocycles. The van der Waals surface area contributed by atoms with E-state index in [-0.39, 0.29) is 0 Å². The fraction of sp³-hybridized carbons (Fsp3) is 0.111. The van der Waals surface area contributed by atoms with Crippen LogP contribution in [-0.2, 0) is 0 Å². The third-order valence-electron chi connectivity index (χ3n) is 1.91. The van der Waals surface area contributed by atoms with Gasteiger partial charge in [-0.15, -0.1) is 0 Å². The minimum absolute atomic E-state index is 0.889. The summed E-state index contributed by atoms with van der Waals surface area (Å²) in [7, 11) is 1.93. The van der Waals surface area contributed by atoms with Crippen LogP contribution in [0.1, 0.15) is 5.56 Å². The molecule has 60 valence electrons. The molecule has 0 spiro atoms. The van der Waals surface area contributed by atoms with Crippen molar-refractivity contribution in [2.24, 2.45) is 4.99 Å². The maximum Gasteiger partial charge on any atom is 0.0955 e. The summed E-state index contributed by atoms with van der Waals surface area (Å²) >= 11 is 0. The molecule has 0 saturated carbocycles. The molecule has 0 unspecified atom stereocenters. The molecule has 0 amide bonds. The molecule has 1 aliphatic heterocycles. The van der Waals surface area contributed by atoms with Crippen molar-refractivity contribution in [3.8, 4) is 0 Å². The first-order valence-electron chi connectivity index (χ1n) is 3.69. The molecule has 0 saturated heterocycles. The summed E-state index contributed by atoms with van der Waals surface area (Å²) in [6.45, 7) is 3.94. The highest BCUT2D eigenvalue weighted by Crippen LogP contribution is 2.28. The van der Waals surface area contributed by atoms with Crippen molar-refractivity contribution in [2.75, 3.05) is 7.05 Å². The number of rotatable bonds is 0. The average Bonchev–Trinajstić information content (AvgIpc) is 2.12. The lowest BCUT2D eigenvalue weighted by molar-refractivity contribution is 0.735. The van der Waals surface area contributed by atoms with E-state index in [0.29, 0.717) is 0 Å². The molecule has 1 aliphatic rings. The fourth-order valence-corrected chi connectivity index (χ4v) is 1.14. The number of hydrogen-bond donors (Lipinski definition) is 0. The van der Waals surface area contributed by atoms with E-state index in [9.17, 15) is 0 Å². The van der Waals surface area contributed by atoms with E-state index in [0.717, 1.165) is 16.9 Å². The Balaban J connectivity index is 2.59. The minimum atomic E-state index is 0.889. The molecule has 0 radical (unpaired) electrons. The van der Waals surface area contributed by atoms with Crippen LogP contribution in [0.3, 0.4) is 0 Å². The lowest BCUT2D eigenvalue weighted by atomic mass is 10.1. The van der Waals surface area contributed by atoms with E-state index in [4.69, 9.17) is 0 Å². The number of aromatic nitrogens is 1. The van der Waals surface area contributed by atoms with Crippen LogP contribution in [0.4, 0.5) is 5.69 Å². The average molecular weight is 159 g/mol. The van der Waals surface area contributed by atoms with E-state index in [2.05, 4.69) is 16.6 Å². The highest BCUT2D eigenvalue weighted by Gasteiger charge is 2.11. The van der Waals surface area contributed by atoms with Gasteiger partial charge in [0, 0.05) is 24.5 Å². The zero-order valence-electron chi connectivity index (χ0n) is 6.86. The number of pyridine rings is 1. The quantitative estimate of drug-likeness (QED) is 0.576. The van der Waals surface area contributed by atoms with Gasteiger partial charge < -0.3 is 4.90 Å². The van der Waals surface area contributed by atoms with Crippen LogP contribution in [0.2, 0.25) is 0 Å². The molecule has 12 heavy (non-hydrogen) atoms. The second-order valence-electron chi connectivity index (χ2n) is 2.69. The number of aliphatic imine (C=N–C) groups is 1. The first-order chi connectivity index (χ1) is 5.79. The molecule has 0 aliphatic carbocycles. The van der Waals surface area contributed by atoms with E-state index in [1.165, 1.54) is 0 Å². The van der Waals surface area contributed by atoms with Crippen molar-refractivity contribution in [3.63, 3.8) is 0 Å². The molecule has 0 fully saturated rings. The summed E-state index contributed by atoms with van der Waals surface area (Å²) in [6, 6.07) is 1.92. The van der Waals surface area contributed by atoms with Gasteiger partial charge in [-0.1, -0.05) is 6.58 Å². The zero-order valence-corrected chi connectivity index (χ0v) is 6.86. The van der Waals surface area contributed by atoms with Gasteiger partial charge in [0.05, 0.1) is 18.2 Å². The number of fused-ring (bicyclic) bond motifs is 1. The fourth-order valence-electron chi connectivity index (χ4n) is 1.14. The van der Waals surface area contributed by atoms with Crippen molar-refractivity contribution in [1.82, 2.24) is 9.88 Å². The Bertz CT molecular complexity index is 355. The van der Waals surface area contributed by atoms with Crippen LogP contribution in [0.15, 0.2) is 30.0 Å². The van der Waals surface area contributed by atoms with E-state index >= 15 is 0 Å². The summed E-state index contributed by atoms with van der Waals surface area (Å²) in [4.78, 5) is 10.1. The largest absolute Gasteiger partial charge is 0.335 e. The van der Waals surface area contributed by atoms with Gasteiger partial charge in [-0.05, 0) is 6.07 Å². The molecule has 1 aromatic heterocycles. The second kappa shape index (κ2) is 2.44. The first kappa shape index (κ1) is 7.03. The van der Waals surface area contributed by atoms with Crippen molar-refractivity contribution in [2.45, 2.75) is 0 Å². The summed E-state index contributed by atoms with van der Waals surface area (Å²) < 4.78 is 0. The Morgan fingerprint density at radius 3 is 3.17 bits per heavy atom. The normalized spacial score (nSPS) is 14.8. The molecule has 0 atom stereocenters. The molecule has 0 N–H and O–H groups in total. The van der Waals surface area contributed by atoms with Crippen LogP contribution in [0.25, 0.3) is 5.70 Å². The Morgan fingerprint density at radius 1 is 1.50 bits per heavy atom. The first-order valence-corrected chi connectivity index (χ1v) is 3.69. The minimum Gasteiger partial charge on any atom is -0.335 e. The van der Waals surface area contributed by atoms with Crippen LogP contribution in [0.5, 0.6) is 0 Å². The highest BCUT2D eigenvalue weighted by molar-refractivity contribution is 5.85. The van der Waals surface area contributed by atoms with Crippen LogP contribution >= 0.6 is 0 Å². The second-order valence-corrected chi connectivity index (χ2v) is 2.69. The summed E-state index contributed by atoms with van der Waals surface area (Å²) in [5.41, 5.74) is 2.90. The van der Waals surface area contributed by atoms with Crippen LogP contribution in [0, 0.1) is 0 Å². The van der Waals surface area contributed by atoms with Gasteiger partial charge in [0.15, 0.2) is 0 Å². The summed E-state index contributed by atoms with van der Waals surface area (Å²) in [6.07, 6.45) is 5.23. The lowest BCUT2D eigenvalue weighted by Gasteiger charge is -2.21. The molecule has 0 aromatic carbocycles. The zero-order chi connectivity index (χ0) is 8.55. The third-order valence-corrected chi connectivity index (χ3v) is 1.91. The van der Waals surface area contributed by atoms with Crippen LogP contribution in [-0.4, -0.2) is 23.3 Å². The lowest BCUT2D eigenvalue weighted by Crippen LogP contribution is -2.16.